The van der Waals surface area contributed by atoms with Gasteiger partial charge in [-0.3, -0.25) is 15.0 Å². The summed E-state index contributed by atoms with van der Waals surface area (Å²) in [4.78, 5) is 22.7. The number of hydrogen-bond donors (Lipinski definition) is 5. The summed E-state index contributed by atoms with van der Waals surface area (Å²) in [5.41, 5.74) is 8.66. The zero-order chi connectivity index (χ0) is 19.6. The number of nitrogens with two attached hydrogens (primary N) is 1. The van der Waals surface area contributed by atoms with Gasteiger partial charge in [0.15, 0.2) is 0 Å². The summed E-state index contributed by atoms with van der Waals surface area (Å²) in [5, 5.41) is 29.5. The predicted molar refractivity (Wildman–Crippen MR) is 100 cm³/mol. The number of carbonyl (C=O) groups is 2. The third-order valence-electron chi connectivity index (χ3n) is 4.82. The van der Waals surface area contributed by atoms with E-state index in [0.29, 0.717) is 17.5 Å². The van der Waals surface area contributed by atoms with Crippen molar-refractivity contribution in [3.8, 4) is 11.1 Å². The molecule has 2 aromatic carbocycles. The number of carboxylic acid groups (broad SMARTS) is 1. The third kappa shape index (κ3) is 4.15. The molecule has 1 unspecified atom stereocenters. The van der Waals surface area contributed by atoms with Gasteiger partial charge in [-0.1, -0.05) is 48.5 Å². The fourth-order valence-corrected chi connectivity index (χ4v) is 3.32. The van der Waals surface area contributed by atoms with Crippen LogP contribution in [0.3, 0.4) is 0 Å². The van der Waals surface area contributed by atoms with E-state index in [4.69, 9.17) is 16.2 Å². The summed E-state index contributed by atoms with van der Waals surface area (Å²) in [6.45, 7) is 0. The van der Waals surface area contributed by atoms with Gasteiger partial charge in [0, 0.05) is 5.56 Å². The van der Waals surface area contributed by atoms with Crippen molar-refractivity contribution in [2.75, 3.05) is 0 Å². The van der Waals surface area contributed by atoms with E-state index in [1.165, 1.54) is 0 Å². The van der Waals surface area contributed by atoms with E-state index < -0.39 is 24.0 Å². The van der Waals surface area contributed by atoms with Crippen LogP contribution < -0.4 is 11.1 Å². The SMILES string of the molecule is N=C(N)c1ccc(-c2ccc(C(O)[C@H]3C[C@H](CC(=O)O)C(=O)N3)cc2)cc1. The molecule has 140 valence electrons. The highest BCUT2D eigenvalue weighted by molar-refractivity contribution is 5.95. The largest absolute Gasteiger partial charge is 0.481 e. The molecule has 7 nitrogen and oxygen atoms in total. The molecule has 2 aromatic rings. The molecule has 0 spiro atoms. The molecule has 0 radical (unpaired) electrons. The zero-order valence-electron chi connectivity index (χ0n) is 14.6. The van der Waals surface area contributed by atoms with Crippen LogP contribution in [0.15, 0.2) is 48.5 Å². The number of carboxylic acids is 1. The van der Waals surface area contributed by atoms with Crippen LogP contribution >= 0.6 is 0 Å². The van der Waals surface area contributed by atoms with E-state index in [0.717, 1.165) is 11.1 Å². The number of rotatable bonds is 6. The standard InChI is InChI=1S/C20H21N3O4/c21-19(22)14-7-3-12(4-8-14)11-1-5-13(6-2-11)18(26)16-9-15(10-17(24)25)20(27)23-16/h1-8,15-16,18,26H,9-10H2,(H3,21,22)(H,23,27)(H,24,25)/t15-,16-,18?/m1/s1. The smallest absolute Gasteiger partial charge is 0.304 e. The van der Waals surface area contributed by atoms with Gasteiger partial charge in [0.05, 0.1) is 24.5 Å². The number of amidine groups is 1. The summed E-state index contributed by atoms with van der Waals surface area (Å²) < 4.78 is 0. The first-order valence-corrected chi connectivity index (χ1v) is 8.60. The summed E-state index contributed by atoms with van der Waals surface area (Å²) in [6, 6.07) is 14.1. The van der Waals surface area contributed by atoms with Crippen LogP contribution in [0, 0.1) is 11.3 Å². The number of aliphatic hydroxyl groups excluding tert-OH is 1. The van der Waals surface area contributed by atoms with E-state index >= 15 is 0 Å². The Labute approximate surface area is 156 Å². The molecule has 1 aliphatic rings. The number of nitrogens with one attached hydrogen (secondary N) is 2. The van der Waals surface area contributed by atoms with Crippen molar-refractivity contribution in [3.63, 3.8) is 0 Å². The van der Waals surface area contributed by atoms with Crippen LogP contribution in [-0.4, -0.2) is 34.0 Å². The topological polar surface area (TPSA) is 137 Å². The molecule has 7 heteroatoms. The lowest BCUT2D eigenvalue weighted by atomic mass is 9.94. The lowest BCUT2D eigenvalue weighted by Gasteiger charge is -2.19. The van der Waals surface area contributed by atoms with Gasteiger partial charge in [-0.05, 0) is 23.1 Å². The number of amides is 1. The van der Waals surface area contributed by atoms with Crippen molar-refractivity contribution in [1.82, 2.24) is 5.32 Å². The Morgan fingerprint density at radius 2 is 1.70 bits per heavy atom. The monoisotopic (exact) mass is 367 g/mol. The molecule has 3 rings (SSSR count). The molecule has 27 heavy (non-hydrogen) atoms. The van der Waals surface area contributed by atoms with Crippen molar-refractivity contribution in [1.29, 1.82) is 5.41 Å². The molecule has 6 N–H and O–H groups in total. The first-order valence-electron chi connectivity index (χ1n) is 8.60. The number of aliphatic carboxylic acids is 1. The number of carbonyl (C=O) groups excluding carboxylic acids is 1. The Morgan fingerprint density at radius 1 is 1.15 bits per heavy atom. The Bertz CT molecular complexity index is 862. The van der Waals surface area contributed by atoms with Gasteiger partial charge in [0.1, 0.15) is 5.84 Å². The number of nitrogen functional groups attached to an aromatic ring is 1. The predicted octanol–water partition coefficient (Wildman–Crippen LogP) is 1.65. The number of hydrogen-bond acceptors (Lipinski definition) is 4. The summed E-state index contributed by atoms with van der Waals surface area (Å²) >= 11 is 0. The quantitative estimate of drug-likeness (QED) is 0.391. The van der Waals surface area contributed by atoms with Gasteiger partial charge >= 0.3 is 5.97 Å². The Morgan fingerprint density at radius 3 is 2.22 bits per heavy atom. The summed E-state index contributed by atoms with van der Waals surface area (Å²) in [7, 11) is 0. The molecule has 0 bridgehead atoms. The van der Waals surface area contributed by atoms with Crippen LogP contribution in [0.2, 0.25) is 0 Å². The maximum Gasteiger partial charge on any atom is 0.304 e. The molecule has 1 heterocycles. The van der Waals surface area contributed by atoms with Crippen molar-refractivity contribution >= 4 is 17.7 Å². The minimum Gasteiger partial charge on any atom is -0.481 e. The van der Waals surface area contributed by atoms with E-state index in [9.17, 15) is 14.7 Å². The average Bonchev–Trinajstić information content (AvgIpc) is 3.01. The molecule has 0 aromatic heterocycles. The Kier molecular flexibility index (Phi) is 5.23. The highest BCUT2D eigenvalue weighted by atomic mass is 16.4. The van der Waals surface area contributed by atoms with Crippen molar-refractivity contribution in [2.24, 2.45) is 11.7 Å². The molecule has 1 amide bonds. The van der Waals surface area contributed by atoms with E-state index in [1.807, 2.05) is 24.3 Å². The molecule has 1 aliphatic heterocycles. The Balaban J connectivity index is 1.70. The zero-order valence-corrected chi connectivity index (χ0v) is 14.6. The second kappa shape index (κ2) is 7.59. The average molecular weight is 367 g/mol. The molecular weight excluding hydrogens is 346 g/mol. The van der Waals surface area contributed by atoms with Crippen LogP contribution in [-0.2, 0) is 9.59 Å². The minimum absolute atomic E-state index is 0.0137. The van der Waals surface area contributed by atoms with Crippen LogP contribution in [0.5, 0.6) is 0 Å². The fourth-order valence-electron chi connectivity index (χ4n) is 3.32. The van der Waals surface area contributed by atoms with Crippen molar-refractivity contribution in [2.45, 2.75) is 25.0 Å². The first kappa shape index (κ1) is 18.6. The molecular formula is C20H21N3O4. The van der Waals surface area contributed by atoms with Gasteiger partial charge in [-0.15, -0.1) is 0 Å². The maximum absolute atomic E-state index is 11.9. The third-order valence-corrected chi connectivity index (χ3v) is 4.82. The molecule has 1 saturated heterocycles. The van der Waals surface area contributed by atoms with Crippen LogP contribution in [0.4, 0.5) is 0 Å². The highest BCUT2D eigenvalue weighted by Crippen LogP contribution is 2.29. The number of aliphatic hydroxyl groups is 1. The van der Waals surface area contributed by atoms with Crippen LogP contribution in [0.1, 0.15) is 30.1 Å². The second-order valence-corrected chi connectivity index (χ2v) is 6.70. The van der Waals surface area contributed by atoms with Gasteiger partial charge in [0.2, 0.25) is 5.91 Å². The molecule has 1 fully saturated rings. The Hall–Kier alpha value is -3.19. The van der Waals surface area contributed by atoms with Gasteiger partial charge < -0.3 is 21.3 Å². The second-order valence-electron chi connectivity index (χ2n) is 6.70. The lowest BCUT2D eigenvalue weighted by molar-refractivity contribution is -0.140. The van der Waals surface area contributed by atoms with Gasteiger partial charge in [-0.25, -0.2) is 0 Å². The summed E-state index contributed by atoms with van der Waals surface area (Å²) in [5.74, 6) is -1.95. The molecule has 0 saturated carbocycles. The summed E-state index contributed by atoms with van der Waals surface area (Å²) in [6.07, 6.45) is -0.841. The normalized spacial score (nSPS) is 20.1. The maximum atomic E-state index is 11.9. The van der Waals surface area contributed by atoms with E-state index in [-0.39, 0.29) is 18.2 Å². The highest BCUT2D eigenvalue weighted by Gasteiger charge is 2.37. The molecule has 3 atom stereocenters. The van der Waals surface area contributed by atoms with Crippen LogP contribution in [0.25, 0.3) is 11.1 Å². The first-order chi connectivity index (χ1) is 12.8. The van der Waals surface area contributed by atoms with Gasteiger partial charge in [-0.2, -0.15) is 0 Å². The van der Waals surface area contributed by atoms with Crippen molar-refractivity contribution in [3.05, 3.63) is 59.7 Å². The van der Waals surface area contributed by atoms with E-state index in [1.54, 1.807) is 24.3 Å². The van der Waals surface area contributed by atoms with E-state index in [2.05, 4.69) is 5.32 Å². The number of benzene rings is 2. The minimum atomic E-state index is -1.02. The molecule has 0 aliphatic carbocycles. The van der Waals surface area contributed by atoms with Crippen molar-refractivity contribution < 1.29 is 19.8 Å². The fraction of sp³-hybridized carbons (Fsp3) is 0.250. The van der Waals surface area contributed by atoms with Gasteiger partial charge in [0.25, 0.3) is 0 Å². The lowest BCUT2D eigenvalue weighted by Crippen LogP contribution is -2.31.